The van der Waals surface area contributed by atoms with Crippen LogP contribution < -0.4 is 5.32 Å². The molecule has 1 aliphatic carbocycles. The predicted molar refractivity (Wildman–Crippen MR) is 85.6 cm³/mol. The molecule has 4 nitrogen and oxygen atoms in total. The molecule has 21 heavy (non-hydrogen) atoms. The van der Waals surface area contributed by atoms with Gasteiger partial charge in [0, 0.05) is 30.7 Å². The lowest BCUT2D eigenvalue weighted by Crippen LogP contribution is -2.39. The number of nitrogens with one attached hydrogen (secondary N) is 1. The maximum atomic E-state index is 12.1. The van der Waals surface area contributed by atoms with E-state index < -0.39 is 0 Å². The minimum Gasteiger partial charge on any atom is -0.338 e. The SMILES string of the molecule is Cc1csc(CCCCNC(=O)N2C[C@H]3CCC[C@@H]3C2)n1. The van der Waals surface area contributed by atoms with Crippen LogP contribution in [0.1, 0.15) is 42.8 Å². The molecule has 2 amide bonds. The summed E-state index contributed by atoms with van der Waals surface area (Å²) in [5.74, 6) is 1.56. The maximum absolute atomic E-state index is 12.1. The van der Waals surface area contributed by atoms with E-state index in [1.54, 1.807) is 11.3 Å². The van der Waals surface area contributed by atoms with Gasteiger partial charge >= 0.3 is 6.03 Å². The number of thiazole rings is 1. The Morgan fingerprint density at radius 1 is 1.38 bits per heavy atom. The summed E-state index contributed by atoms with van der Waals surface area (Å²) in [6.07, 6.45) is 7.16. The lowest BCUT2D eigenvalue weighted by Gasteiger charge is -2.18. The van der Waals surface area contributed by atoms with Crippen molar-refractivity contribution in [3.8, 4) is 0 Å². The summed E-state index contributed by atoms with van der Waals surface area (Å²) < 4.78 is 0. The third-order valence-corrected chi connectivity index (χ3v) is 5.80. The summed E-state index contributed by atoms with van der Waals surface area (Å²) in [7, 11) is 0. The molecule has 0 unspecified atom stereocenters. The van der Waals surface area contributed by atoms with Gasteiger partial charge in [-0.3, -0.25) is 0 Å². The van der Waals surface area contributed by atoms with Gasteiger partial charge in [0.05, 0.1) is 5.01 Å². The molecule has 1 saturated heterocycles. The fourth-order valence-electron chi connectivity index (χ4n) is 3.63. The van der Waals surface area contributed by atoms with Gasteiger partial charge in [0.25, 0.3) is 0 Å². The van der Waals surface area contributed by atoms with E-state index in [9.17, 15) is 4.79 Å². The normalized spacial score (nSPS) is 24.3. The molecule has 116 valence electrons. The molecule has 0 spiro atoms. The molecule has 5 heteroatoms. The fourth-order valence-corrected chi connectivity index (χ4v) is 4.44. The summed E-state index contributed by atoms with van der Waals surface area (Å²) in [6.45, 7) is 4.78. The summed E-state index contributed by atoms with van der Waals surface area (Å²) in [5, 5.41) is 6.39. The second-order valence-electron chi connectivity index (χ2n) is 6.43. The van der Waals surface area contributed by atoms with Gasteiger partial charge in [-0.05, 0) is 50.9 Å². The zero-order valence-corrected chi connectivity index (χ0v) is 13.6. The van der Waals surface area contributed by atoms with E-state index in [1.807, 2.05) is 11.8 Å². The standard InChI is InChI=1S/C16H25N3OS/c1-12-11-21-15(18-12)7-2-3-8-17-16(20)19-9-13-5-4-6-14(13)10-19/h11,13-14H,2-10H2,1H3,(H,17,20)/t13-,14-/m1/s1. The van der Waals surface area contributed by atoms with Gasteiger partial charge in [0.15, 0.2) is 0 Å². The molecule has 0 aromatic carbocycles. The number of carbonyl (C=O) groups is 1. The van der Waals surface area contributed by atoms with Crippen molar-refractivity contribution in [2.24, 2.45) is 11.8 Å². The molecule has 1 aliphatic heterocycles. The number of rotatable bonds is 5. The third-order valence-electron chi connectivity index (χ3n) is 4.77. The van der Waals surface area contributed by atoms with Crippen molar-refractivity contribution < 1.29 is 4.79 Å². The molecule has 1 aromatic rings. The smallest absolute Gasteiger partial charge is 0.317 e. The van der Waals surface area contributed by atoms with Gasteiger partial charge in [0.2, 0.25) is 0 Å². The molecule has 2 heterocycles. The van der Waals surface area contributed by atoms with Crippen molar-refractivity contribution in [2.45, 2.75) is 45.4 Å². The number of unbranched alkanes of at least 4 members (excludes halogenated alkanes) is 1. The quantitative estimate of drug-likeness (QED) is 0.849. The highest BCUT2D eigenvalue weighted by atomic mass is 32.1. The molecule has 1 saturated carbocycles. The summed E-state index contributed by atoms with van der Waals surface area (Å²) in [4.78, 5) is 18.6. The second-order valence-corrected chi connectivity index (χ2v) is 7.37. The van der Waals surface area contributed by atoms with Gasteiger partial charge in [-0.2, -0.15) is 0 Å². The summed E-state index contributed by atoms with van der Waals surface area (Å²) in [6, 6.07) is 0.148. The number of amides is 2. The molecule has 0 bridgehead atoms. The number of fused-ring (bicyclic) bond motifs is 1. The Morgan fingerprint density at radius 2 is 2.14 bits per heavy atom. The first-order valence-electron chi connectivity index (χ1n) is 8.16. The topological polar surface area (TPSA) is 45.2 Å². The zero-order chi connectivity index (χ0) is 14.7. The van der Waals surface area contributed by atoms with Gasteiger partial charge in [-0.25, -0.2) is 9.78 Å². The molecule has 2 atom stereocenters. The first kappa shape index (κ1) is 14.8. The monoisotopic (exact) mass is 307 g/mol. The lowest BCUT2D eigenvalue weighted by molar-refractivity contribution is 0.205. The number of hydrogen-bond acceptors (Lipinski definition) is 3. The van der Waals surface area contributed by atoms with E-state index in [4.69, 9.17) is 0 Å². The van der Waals surface area contributed by atoms with Crippen molar-refractivity contribution in [3.05, 3.63) is 16.1 Å². The van der Waals surface area contributed by atoms with Crippen LogP contribution in [0.15, 0.2) is 5.38 Å². The minimum absolute atomic E-state index is 0.148. The summed E-state index contributed by atoms with van der Waals surface area (Å²) >= 11 is 1.74. The first-order chi connectivity index (χ1) is 10.2. The lowest BCUT2D eigenvalue weighted by atomic mass is 10.0. The summed E-state index contributed by atoms with van der Waals surface area (Å²) in [5.41, 5.74) is 1.11. The average molecular weight is 307 g/mol. The number of carbonyl (C=O) groups excluding carboxylic acids is 1. The van der Waals surface area contributed by atoms with E-state index in [0.29, 0.717) is 0 Å². The van der Waals surface area contributed by atoms with E-state index in [-0.39, 0.29) is 6.03 Å². The molecule has 0 radical (unpaired) electrons. The van der Waals surface area contributed by atoms with Crippen molar-refractivity contribution in [2.75, 3.05) is 19.6 Å². The first-order valence-corrected chi connectivity index (χ1v) is 9.04. The van der Waals surface area contributed by atoms with Crippen molar-refractivity contribution >= 4 is 17.4 Å². The molecule has 2 aliphatic rings. The number of aryl methyl sites for hydroxylation is 2. The van der Waals surface area contributed by atoms with Crippen LogP contribution >= 0.6 is 11.3 Å². The molecular weight excluding hydrogens is 282 g/mol. The van der Waals surface area contributed by atoms with Crippen LogP contribution in [0.2, 0.25) is 0 Å². The second kappa shape index (κ2) is 6.77. The Bertz CT molecular complexity index is 476. The highest BCUT2D eigenvalue weighted by molar-refractivity contribution is 7.09. The van der Waals surface area contributed by atoms with E-state index in [0.717, 1.165) is 56.4 Å². The average Bonchev–Trinajstić information content (AvgIpc) is 3.13. The predicted octanol–water partition coefficient (Wildman–Crippen LogP) is 3.22. The van der Waals surface area contributed by atoms with Crippen molar-refractivity contribution in [1.82, 2.24) is 15.2 Å². The molecule has 1 N–H and O–H groups in total. The van der Waals surface area contributed by atoms with E-state index in [2.05, 4.69) is 15.7 Å². The Kier molecular flexibility index (Phi) is 4.78. The van der Waals surface area contributed by atoms with Crippen LogP contribution in [0.3, 0.4) is 0 Å². The molecule has 2 fully saturated rings. The van der Waals surface area contributed by atoms with E-state index >= 15 is 0 Å². The van der Waals surface area contributed by atoms with Crippen LogP contribution in [0.4, 0.5) is 4.79 Å². The van der Waals surface area contributed by atoms with Gasteiger partial charge in [-0.1, -0.05) is 6.42 Å². The van der Waals surface area contributed by atoms with Gasteiger partial charge in [-0.15, -0.1) is 11.3 Å². The molecular formula is C16H25N3OS. The van der Waals surface area contributed by atoms with Crippen LogP contribution in [0.5, 0.6) is 0 Å². The van der Waals surface area contributed by atoms with Crippen LogP contribution in [-0.2, 0) is 6.42 Å². The number of aromatic nitrogens is 1. The Balaban J connectivity index is 1.30. The highest BCUT2D eigenvalue weighted by Crippen LogP contribution is 2.37. The number of hydrogen-bond donors (Lipinski definition) is 1. The fraction of sp³-hybridized carbons (Fsp3) is 0.750. The zero-order valence-electron chi connectivity index (χ0n) is 12.8. The van der Waals surface area contributed by atoms with Crippen LogP contribution in [0.25, 0.3) is 0 Å². The highest BCUT2D eigenvalue weighted by Gasteiger charge is 2.37. The number of nitrogens with zero attached hydrogens (tertiary/aromatic N) is 2. The van der Waals surface area contributed by atoms with Crippen molar-refractivity contribution in [3.63, 3.8) is 0 Å². The molecule has 3 rings (SSSR count). The van der Waals surface area contributed by atoms with Gasteiger partial charge < -0.3 is 10.2 Å². The Hall–Kier alpha value is -1.10. The molecule has 1 aromatic heterocycles. The Labute approximate surface area is 130 Å². The minimum atomic E-state index is 0.148. The largest absolute Gasteiger partial charge is 0.338 e. The van der Waals surface area contributed by atoms with Crippen molar-refractivity contribution in [1.29, 1.82) is 0 Å². The number of likely N-dealkylation sites (tertiary alicyclic amines) is 1. The Morgan fingerprint density at radius 3 is 2.81 bits per heavy atom. The third kappa shape index (κ3) is 3.76. The van der Waals surface area contributed by atoms with Crippen LogP contribution in [-0.4, -0.2) is 35.5 Å². The number of urea groups is 1. The van der Waals surface area contributed by atoms with Gasteiger partial charge in [0.1, 0.15) is 0 Å². The van der Waals surface area contributed by atoms with Crippen LogP contribution in [0, 0.1) is 18.8 Å². The van der Waals surface area contributed by atoms with E-state index in [1.165, 1.54) is 24.3 Å². The maximum Gasteiger partial charge on any atom is 0.317 e.